The minimum Gasteiger partial charge on any atom is -0.459 e. The smallest absolute Gasteiger partial charge is 0.341 e. The van der Waals surface area contributed by atoms with Crippen LogP contribution in [-0.4, -0.2) is 71.6 Å². The third-order valence-corrected chi connectivity index (χ3v) is 6.00. The van der Waals surface area contributed by atoms with Gasteiger partial charge in [0.25, 0.3) is 0 Å². The van der Waals surface area contributed by atoms with Crippen LogP contribution in [0.3, 0.4) is 0 Å². The van der Waals surface area contributed by atoms with E-state index in [1.54, 1.807) is 19.9 Å². The summed E-state index contributed by atoms with van der Waals surface area (Å²) in [6.45, 7) is 4.76. The van der Waals surface area contributed by atoms with Crippen LogP contribution in [0.1, 0.15) is 26.7 Å². The number of fused-ring (bicyclic) bond motifs is 1. The summed E-state index contributed by atoms with van der Waals surface area (Å²) < 4.78 is 16.9. The van der Waals surface area contributed by atoms with Gasteiger partial charge >= 0.3 is 11.9 Å². The minimum absolute atomic E-state index is 0.0233. The lowest BCUT2D eigenvalue weighted by molar-refractivity contribution is -0.150. The van der Waals surface area contributed by atoms with Gasteiger partial charge in [0.1, 0.15) is 18.3 Å². The molecule has 3 fully saturated rings. The molecule has 0 aromatic carbocycles. The van der Waals surface area contributed by atoms with Gasteiger partial charge in [0.05, 0.1) is 12.6 Å². The molecule has 0 aromatic heterocycles. The van der Waals surface area contributed by atoms with Crippen molar-refractivity contribution in [1.82, 2.24) is 4.90 Å². The van der Waals surface area contributed by atoms with Crippen LogP contribution in [0.2, 0.25) is 0 Å². The SMILES string of the molecule is C/C=C1/CC2(CO)OC2(C)C(=O)OCC2=CCN3CC[C@@H](OC1=O)[C@@H]23. The zero-order valence-electron chi connectivity index (χ0n) is 14.5. The summed E-state index contributed by atoms with van der Waals surface area (Å²) in [5, 5.41) is 9.80. The van der Waals surface area contributed by atoms with Gasteiger partial charge in [-0.15, -0.1) is 0 Å². The number of carbonyl (C=O) groups excluding carboxylic acids is 2. The number of rotatable bonds is 1. The van der Waals surface area contributed by atoms with E-state index < -0.39 is 23.1 Å². The molecule has 0 bridgehead atoms. The van der Waals surface area contributed by atoms with Gasteiger partial charge in [-0.2, -0.15) is 0 Å². The molecule has 0 spiro atoms. The molecule has 2 unspecified atom stereocenters. The summed E-state index contributed by atoms with van der Waals surface area (Å²) in [4.78, 5) is 27.5. The van der Waals surface area contributed by atoms with Crippen LogP contribution >= 0.6 is 0 Å². The first-order chi connectivity index (χ1) is 11.9. The molecule has 25 heavy (non-hydrogen) atoms. The Hall–Kier alpha value is -1.70. The summed E-state index contributed by atoms with van der Waals surface area (Å²) in [6, 6.07) is -0.0233. The standard InChI is InChI=1S/C18H23NO6/c1-3-11-8-18(10-20)17(2,25-18)16(22)23-9-12-4-6-19-7-5-13(14(12)19)24-15(11)21/h3-4,13-14,20H,5-10H2,1-2H3/b11-3-/t13-,14-,17?,18?/m1/s1. The van der Waals surface area contributed by atoms with E-state index in [2.05, 4.69) is 4.90 Å². The number of ether oxygens (including phenoxy) is 3. The van der Waals surface area contributed by atoms with Crippen LogP contribution in [0.15, 0.2) is 23.3 Å². The summed E-state index contributed by atoms with van der Waals surface area (Å²) in [5.41, 5.74) is -1.00. The zero-order valence-corrected chi connectivity index (χ0v) is 14.5. The molecule has 0 amide bonds. The Morgan fingerprint density at radius 3 is 2.96 bits per heavy atom. The maximum atomic E-state index is 12.7. The van der Waals surface area contributed by atoms with E-state index in [9.17, 15) is 14.7 Å². The molecule has 3 saturated heterocycles. The Labute approximate surface area is 146 Å². The quantitative estimate of drug-likeness (QED) is 0.316. The van der Waals surface area contributed by atoms with E-state index in [1.807, 2.05) is 6.08 Å². The van der Waals surface area contributed by atoms with Gasteiger partial charge in [0.15, 0.2) is 5.60 Å². The lowest BCUT2D eigenvalue weighted by atomic mass is 9.88. The number of hydrogen-bond acceptors (Lipinski definition) is 7. The molecule has 4 heterocycles. The van der Waals surface area contributed by atoms with Crippen LogP contribution in [0, 0.1) is 0 Å². The van der Waals surface area contributed by atoms with Gasteiger partial charge < -0.3 is 19.3 Å². The first kappa shape index (κ1) is 16.8. The van der Waals surface area contributed by atoms with Crippen molar-refractivity contribution >= 4 is 11.9 Å². The third kappa shape index (κ3) is 2.37. The average Bonchev–Trinajstić information content (AvgIpc) is 2.90. The topological polar surface area (TPSA) is 88.6 Å². The molecule has 136 valence electrons. The predicted molar refractivity (Wildman–Crippen MR) is 86.6 cm³/mol. The highest BCUT2D eigenvalue weighted by atomic mass is 16.7. The monoisotopic (exact) mass is 349 g/mol. The highest BCUT2D eigenvalue weighted by Crippen LogP contribution is 2.52. The van der Waals surface area contributed by atoms with E-state index in [4.69, 9.17) is 14.2 Å². The Balaban J connectivity index is 1.67. The Morgan fingerprint density at radius 1 is 1.44 bits per heavy atom. The second-order valence-electron chi connectivity index (χ2n) is 7.31. The number of nitrogens with zero attached hydrogens (tertiary/aromatic N) is 1. The number of allylic oxidation sites excluding steroid dienone is 1. The van der Waals surface area contributed by atoms with E-state index in [-0.39, 0.29) is 31.8 Å². The number of carbonyl (C=O) groups is 2. The molecule has 7 nitrogen and oxygen atoms in total. The predicted octanol–water partition coefficient (Wildman–Crippen LogP) is 0.326. The van der Waals surface area contributed by atoms with Crippen molar-refractivity contribution in [1.29, 1.82) is 0 Å². The molecule has 0 aliphatic carbocycles. The molecular formula is C18H23NO6. The van der Waals surface area contributed by atoms with E-state index in [0.717, 1.165) is 25.1 Å². The van der Waals surface area contributed by atoms with Gasteiger partial charge in [-0.3, -0.25) is 4.90 Å². The molecule has 4 aliphatic heterocycles. The van der Waals surface area contributed by atoms with Crippen molar-refractivity contribution in [2.24, 2.45) is 0 Å². The van der Waals surface area contributed by atoms with Crippen LogP contribution in [0.25, 0.3) is 0 Å². The first-order valence-electron chi connectivity index (χ1n) is 8.71. The van der Waals surface area contributed by atoms with E-state index in [0.29, 0.717) is 5.57 Å². The molecule has 4 rings (SSSR count). The van der Waals surface area contributed by atoms with E-state index in [1.165, 1.54) is 0 Å². The third-order valence-electron chi connectivity index (χ3n) is 6.00. The van der Waals surface area contributed by atoms with Crippen molar-refractivity contribution in [3.63, 3.8) is 0 Å². The number of esters is 2. The van der Waals surface area contributed by atoms with Gasteiger partial charge in [0, 0.05) is 25.1 Å². The van der Waals surface area contributed by atoms with Crippen LogP contribution in [0.5, 0.6) is 0 Å². The summed E-state index contributed by atoms with van der Waals surface area (Å²) in [6.07, 6.45) is 4.34. The van der Waals surface area contributed by atoms with Crippen molar-refractivity contribution < 1.29 is 28.9 Å². The largest absolute Gasteiger partial charge is 0.459 e. The summed E-state index contributed by atoms with van der Waals surface area (Å²) >= 11 is 0. The van der Waals surface area contributed by atoms with Crippen molar-refractivity contribution in [3.8, 4) is 0 Å². The molecule has 1 N–H and O–H groups in total. The van der Waals surface area contributed by atoms with Gasteiger partial charge in [-0.25, -0.2) is 9.59 Å². The fraction of sp³-hybridized carbons (Fsp3) is 0.667. The number of epoxide rings is 1. The number of aliphatic hydroxyl groups excluding tert-OH is 1. The molecular weight excluding hydrogens is 326 g/mol. The Kier molecular flexibility index (Phi) is 3.79. The lowest BCUT2D eigenvalue weighted by Crippen LogP contribution is -2.40. The molecule has 7 heteroatoms. The molecule has 0 radical (unpaired) electrons. The fourth-order valence-corrected chi connectivity index (χ4v) is 4.26. The first-order valence-corrected chi connectivity index (χ1v) is 8.71. The molecule has 0 saturated carbocycles. The second-order valence-corrected chi connectivity index (χ2v) is 7.31. The van der Waals surface area contributed by atoms with Crippen molar-refractivity contribution in [3.05, 3.63) is 23.3 Å². The highest BCUT2D eigenvalue weighted by molar-refractivity contribution is 5.90. The highest BCUT2D eigenvalue weighted by Gasteiger charge is 2.73. The van der Waals surface area contributed by atoms with Crippen molar-refractivity contribution in [2.75, 3.05) is 26.3 Å². The fourth-order valence-electron chi connectivity index (χ4n) is 4.26. The maximum absolute atomic E-state index is 12.7. The average molecular weight is 349 g/mol. The van der Waals surface area contributed by atoms with Crippen molar-refractivity contribution in [2.45, 2.75) is 50.0 Å². The number of aliphatic hydroxyl groups is 1. The normalized spacial score (nSPS) is 42.7. The molecule has 4 atom stereocenters. The van der Waals surface area contributed by atoms with Crippen LogP contribution in [0.4, 0.5) is 0 Å². The van der Waals surface area contributed by atoms with Gasteiger partial charge in [0.2, 0.25) is 0 Å². The molecule has 4 aliphatic rings. The minimum atomic E-state index is -1.25. The van der Waals surface area contributed by atoms with Gasteiger partial charge in [-0.1, -0.05) is 12.2 Å². The van der Waals surface area contributed by atoms with Crippen LogP contribution in [-0.2, 0) is 23.8 Å². The van der Waals surface area contributed by atoms with E-state index >= 15 is 0 Å². The molecule has 0 aromatic rings. The van der Waals surface area contributed by atoms with Gasteiger partial charge in [-0.05, 0) is 25.8 Å². The zero-order chi connectivity index (χ0) is 17.8. The summed E-state index contributed by atoms with van der Waals surface area (Å²) in [7, 11) is 0. The number of hydrogen-bond donors (Lipinski definition) is 1. The Bertz CT molecular complexity index is 685. The maximum Gasteiger partial charge on any atom is 0.341 e. The second kappa shape index (κ2) is 5.65. The summed E-state index contributed by atoms with van der Waals surface area (Å²) in [5.74, 6) is -0.903. The number of cyclic esters (lactones) is 1. The Morgan fingerprint density at radius 2 is 2.24 bits per heavy atom. The van der Waals surface area contributed by atoms with Crippen LogP contribution < -0.4 is 0 Å². The lowest BCUT2D eigenvalue weighted by Gasteiger charge is -2.26.